The summed E-state index contributed by atoms with van der Waals surface area (Å²) in [5, 5.41) is 0.546. The summed E-state index contributed by atoms with van der Waals surface area (Å²) < 4.78 is 59.8. The van der Waals surface area contributed by atoms with Crippen molar-refractivity contribution in [3.8, 4) is 22.5 Å². The van der Waals surface area contributed by atoms with Crippen LogP contribution in [-0.2, 0) is 14.8 Å². The Morgan fingerprint density at radius 1 is 1.02 bits per heavy atom. The monoisotopic (exact) mass is 613 g/mol. The molecule has 0 radical (unpaired) electrons. The van der Waals surface area contributed by atoms with Gasteiger partial charge in [0, 0.05) is 49.0 Å². The lowest BCUT2D eigenvalue weighted by molar-refractivity contribution is 0.162. The van der Waals surface area contributed by atoms with Crippen molar-refractivity contribution in [2.45, 2.75) is 33.1 Å². The predicted molar refractivity (Wildman–Crippen MR) is 169 cm³/mol. The van der Waals surface area contributed by atoms with Gasteiger partial charge in [-0.15, -0.1) is 0 Å². The second-order valence-corrected chi connectivity index (χ2v) is 11.7. The van der Waals surface area contributed by atoms with Gasteiger partial charge in [-0.25, -0.2) is 27.8 Å². The normalized spacial score (nSPS) is 13.2. The van der Waals surface area contributed by atoms with Gasteiger partial charge in [0.05, 0.1) is 29.3 Å². The second-order valence-electron chi connectivity index (χ2n) is 9.90. The van der Waals surface area contributed by atoms with E-state index in [1.807, 2.05) is 19.9 Å². The minimum absolute atomic E-state index is 0.172. The third-order valence-corrected chi connectivity index (χ3v) is 8.19. The van der Waals surface area contributed by atoms with Gasteiger partial charge in [0.25, 0.3) is 0 Å². The van der Waals surface area contributed by atoms with E-state index in [-0.39, 0.29) is 23.5 Å². The number of ether oxygens (including phenoxy) is 1. The molecule has 2 aromatic heterocycles. The van der Waals surface area contributed by atoms with Gasteiger partial charge in [-0.3, -0.25) is 9.11 Å². The van der Waals surface area contributed by atoms with E-state index in [0.717, 1.165) is 44.8 Å². The summed E-state index contributed by atoms with van der Waals surface area (Å²) >= 11 is 0. The molecule has 5 N–H and O–H groups in total. The molecule has 4 aromatic rings. The molecule has 3 heterocycles. The molecule has 0 saturated carbocycles. The van der Waals surface area contributed by atoms with Crippen molar-refractivity contribution in [3.05, 3.63) is 54.5 Å². The molecule has 43 heavy (non-hydrogen) atoms. The summed E-state index contributed by atoms with van der Waals surface area (Å²) in [6, 6.07) is 11.4. The first-order valence-electron chi connectivity index (χ1n) is 14.2. The van der Waals surface area contributed by atoms with Crippen LogP contribution in [0.25, 0.3) is 33.4 Å². The van der Waals surface area contributed by atoms with E-state index in [2.05, 4.69) is 19.6 Å². The molecule has 10 nitrogen and oxygen atoms in total. The highest BCUT2D eigenvalue weighted by atomic mass is 32.2. The molecular weight excluding hydrogens is 576 g/mol. The lowest BCUT2D eigenvalue weighted by Gasteiger charge is -2.22. The number of alkyl halides is 1. The summed E-state index contributed by atoms with van der Waals surface area (Å²) in [5.41, 5.74) is 14.7. The van der Waals surface area contributed by atoms with Crippen LogP contribution in [0, 0.1) is 5.82 Å². The number of pyridine rings is 1. The van der Waals surface area contributed by atoms with Gasteiger partial charge in [-0.1, -0.05) is 12.1 Å². The highest BCUT2D eigenvalue weighted by Gasteiger charge is 2.22. The first kappa shape index (κ1) is 31.8. The quantitative estimate of drug-likeness (QED) is 0.213. The van der Waals surface area contributed by atoms with Crippen molar-refractivity contribution in [1.29, 1.82) is 0 Å². The molecular formula is C30H37F2N7O3S. The number of hydrogen-bond donors (Lipinski definition) is 3. The molecule has 230 valence electrons. The summed E-state index contributed by atoms with van der Waals surface area (Å²) in [6.07, 6.45) is 3.42. The number of nitrogens with zero attached hydrogens (tertiary/aromatic N) is 4. The molecule has 0 spiro atoms. The Kier molecular flexibility index (Phi) is 10.6. The molecule has 0 aliphatic carbocycles. The molecule has 5 rings (SSSR count). The molecule has 0 atom stereocenters. The fourth-order valence-corrected chi connectivity index (χ4v) is 5.84. The summed E-state index contributed by atoms with van der Waals surface area (Å²) in [4.78, 5) is 15.6. The maximum Gasteiger partial charge on any atom is 0.232 e. The number of sulfonamides is 1. The number of nitrogens with one attached hydrogen (secondary N) is 1. The molecule has 0 bridgehead atoms. The molecule has 1 fully saturated rings. The number of nitrogens with two attached hydrogens (primary N) is 2. The lowest BCUT2D eigenvalue weighted by atomic mass is 10.0. The second kappa shape index (κ2) is 14.4. The predicted octanol–water partition coefficient (Wildman–Crippen LogP) is 5.41. The zero-order valence-electron chi connectivity index (χ0n) is 24.3. The lowest BCUT2D eigenvalue weighted by Crippen LogP contribution is -2.19. The third kappa shape index (κ3) is 7.85. The number of nitrogen functional groups attached to an aromatic ring is 2. The van der Waals surface area contributed by atoms with E-state index in [4.69, 9.17) is 21.2 Å². The number of rotatable bonds is 10. The van der Waals surface area contributed by atoms with E-state index in [0.29, 0.717) is 33.7 Å². The Labute approximate surface area is 250 Å². The summed E-state index contributed by atoms with van der Waals surface area (Å²) in [5.74, 6) is -0.202. The van der Waals surface area contributed by atoms with Gasteiger partial charge >= 0.3 is 0 Å². The van der Waals surface area contributed by atoms with Crippen molar-refractivity contribution < 1.29 is 21.9 Å². The number of benzene rings is 2. The van der Waals surface area contributed by atoms with Gasteiger partial charge in [0.1, 0.15) is 11.6 Å². The average molecular weight is 614 g/mol. The topological polar surface area (TPSA) is 149 Å². The van der Waals surface area contributed by atoms with E-state index in [9.17, 15) is 12.8 Å². The average Bonchev–Trinajstić information content (AvgIpc) is 3.53. The number of aromatic nitrogens is 3. The molecule has 1 aliphatic heterocycles. The van der Waals surface area contributed by atoms with Crippen molar-refractivity contribution >= 4 is 43.9 Å². The van der Waals surface area contributed by atoms with Gasteiger partial charge in [0.15, 0.2) is 11.6 Å². The first-order valence-corrected chi connectivity index (χ1v) is 15.8. The van der Waals surface area contributed by atoms with Crippen LogP contribution in [0.5, 0.6) is 0 Å². The molecule has 1 saturated heterocycles. The van der Waals surface area contributed by atoms with Crippen LogP contribution in [0.2, 0.25) is 0 Å². The van der Waals surface area contributed by atoms with E-state index in [1.165, 1.54) is 6.07 Å². The van der Waals surface area contributed by atoms with Crippen molar-refractivity contribution in [2.24, 2.45) is 0 Å². The van der Waals surface area contributed by atoms with Gasteiger partial charge in [-0.2, -0.15) is 0 Å². The Balaban J connectivity index is 0.000000782. The zero-order chi connectivity index (χ0) is 31.0. The van der Waals surface area contributed by atoms with Crippen LogP contribution in [-0.4, -0.2) is 62.1 Å². The summed E-state index contributed by atoms with van der Waals surface area (Å²) in [6.45, 7) is 6.50. The number of hydrogen-bond acceptors (Lipinski definition) is 9. The van der Waals surface area contributed by atoms with E-state index >= 15 is 4.39 Å². The van der Waals surface area contributed by atoms with Crippen LogP contribution in [0.1, 0.15) is 33.1 Å². The van der Waals surface area contributed by atoms with Crippen LogP contribution in [0.3, 0.4) is 0 Å². The molecule has 0 unspecified atom stereocenters. The summed E-state index contributed by atoms with van der Waals surface area (Å²) in [7, 11) is -3.91. The fraction of sp³-hybridized carbons (Fsp3) is 0.367. The van der Waals surface area contributed by atoms with Gasteiger partial charge < -0.3 is 21.1 Å². The zero-order valence-corrected chi connectivity index (χ0v) is 25.1. The Hall–Kier alpha value is -4.10. The molecule has 1 aliphatic rings. The first-order chi connectivity index (χ1) is 20.7. The maximum absolute atomic E-state index is 15.6. The molecule has 13 heteroatoms. The molecule has 0 amide bonds. The van der Waals surface area contributed by atoms with E-state index < -0.39 is 28.3 Å². The van der Waals surface area contributed by atoms with Crippen LogP contribution < -0.4 is 21.1 Å². The van der Waals surface area contributed by atoms with Crippen LogP contribution in [0.15, 0.2) is 48.7 Å². The standard InChI is InChI=1S/C26H27F2N7O2S.C4H10O/c27-9-4-12-38(36,37)34-20-6-3-5-18(23(20)28)17-13-19-24(21(14-17)35-10-1-2-11-35)32-26(33-25(19)30)16-7-8-22(29)31-15-16;1-3-5-4-2/h3,5-8,13-15,34H,1-2,4,9-12H2,(H2,29,31)(H2,30,32,33);3-4H2,1-2H3. The number of fused-ring (bicyclic) bond motifs is 1. The van der Waals surface area contributed by atoms with Crippen LogP contribution in [0.4, 0.5) is 31.8 Å². The Morgan fingerprint density at radius 2 is 1.77 bits per heavy atom. The molecule has 2 aromatic carbocycles. The minimum atomic E-state index is -3.91. The van der Waals surface area contributed by atoms with E-state index in [1.54, 1.807) is 36.5 Å². The smallest absolute Gasteiger partial charge is 0.232 e. The highest BCUT2D eigenvalue weighted by Crippen LogP contribution is 2.38. The fourth-order valence-electron chi connectivity index (χ4n) is 4.76. The number of halogens is 2. The third-order valence-electron chi connectivity index (χ3n) is 6.83. The highest BCUT2D eigenvalue weighted by molar-refractivity contribution is 7.92. The van der Waals surface area contributed by atoms with Gasteiger partial charge in [-0.05, 0) is 69.0 Å². The Bertz CT molecular complexity index is 1650. The maximum atomic E-state index is 15.6. The number of anilines is 4. The Morgan fingerprint density at radius 3 is 2.40 bits per heavy atom. The van der Waals surface area contributed by atoms with Crippen molar-refractivity contribution in [2.75, 3.05) is 59.8 Å². The largest absolute Gasteiger partial charge is 0.384 e. The SMILES string of the molecule is CCOCC.Nc1ccc(-c2nc(N)c3cc(-c4cccc(NS(=O)(=O)CCCF)c4F)cc(N4CCCC4)c3n2)cn1. The van der Waals surface area contributed by atoms with Crippen LogP contribution >= 0.6 is 0 Å². The van der Waals surface area contributed by atoms with Crippen molar-refractivity contribution in [3.63, 3.8) is 0 Å². The van der Waals surface area contributed by atoms with Crippen molar-refractivity contribution in [1.82, 2.24) is 15.0 Å². The van der Waals surface area contributed by atoms with Gasteiger partial charge in [0.2, 0.25) is 10.0 Å². The minimum Gasteiger partial charge on any atom is -0.384 e.